The highest BCUT2D eigenvalue weighted by Crippen LogP contribution is 2.19. The molecule has 0 spiro atoms. The van der Waals surface area contributed by atoms with E-state index < -0.39 is 0 Å². The van der Waals surface area contributed by atoms with Crippen molar-refractivity contribution in [2.24, 2.45) is 10.4 Å². The summed E-state index contributed by atoms with van der Waals surface area (Å²) < 4.78 is 0. The van der Waals surface area contributed by atoms with Gasteiger partial charge in [-0.1, -0.05) is 81.4 Å². The summed E-state index contributed by atoms with van der Waals surface area (Å²) >= 11 is 0. The molecule has 0 fully saturated rings. The Labute approximate surface area is 132 Å². The van der Waals surface area contributed by atoms with E-state index in [1.807, 2.05) is 60.7 Å². The van der Waals surface area contributed by atoms with Crippen LogP contribution in [-0.4, -0.2) is 18.0 Å². The van der Waals surface area contributed by atoms with Crippen molar-refractivity contribution in [2.75, 3.05) is 6.54 Å². The summed E-state index contributed by atoms with van der Waals surface area (Å²) in [4.78, 5) is 16.7. The minimum absolute atomic E-state index is 0.00621. The summed E-state index contributed by atoms with van der Waals surface area (Å²) in [7, 11) is 0. The van der Waals surface area contributed by atoms with E-state index in [1.165, 1.54) is 0 Å². The van der Waals surface area contributed by atoms with Gasteiger partial charge in [0.15, 0.2) is 5.78 Å². The van der Waals surface area contributed by atoms with Crippen molar-refractivity contribution in [2.45, 2.75) is 27.2 Å². The number of ketones is 1. The summed E-state index contributed by atoms with van der Waals surface area (Å²) in [6.45, 7) is 6.45. The van der Waals surface area contributed by atoms with E-state index in [4.69, 9.17) is 0 Å². The Morgan fingerprint density at radius 1 is 0.864 bits per heavy atom. The van der Waals surface area contributed by atoms with Crippen LogP contribution < -0.4 is 0 Å². The summed E-state index contributed by atoms with van der Waals surface area (Å²) in [5.41, 5.74) is 2.96. The fourth-order valence-electron chi connectivity index (χ4n) is 2.36. The zero-order chi connectivity index (χ0) is 16.0. The van der Waals surface area contributed by atoms with Crippen LogP contribution in [0.3, 0.4) is 0 Å². The highest BCUT2D eigenvalue weighted by atomic mass is 16.1. The van der Waals surface area contributed by atoms with Gasteiger partial charge in [-0.05, 0) is 5.41 Å². The summed E-state index contributed by atoms with van der Waals surface area (Å²) in [5, 5.41) is 0. The standard InChI is InChI=1S/C20H23NO/c1-20(2,3)14-18(22)15-21-19(16-10-6-4-7-11-16)17-12-8-5-9-13-17/h4-13H,14-15H2,1-3H3. The van der Waals surface area contributed by atoms with Crippen molar-refractivity contribution in [3.05, 3.63) is 71.8 Å². The molecular weight excluding hydrogens is 270 g/mol. The average molecular weight is 293 g/mol. The van der Waals surface area contributed by atoms with E-state index in [9.17, 15) is 4.79 Å². The minimum Gasteiger partial charge on any atom is -0.298 e. The van der Waals surface area contributed by atoms with Crippen LogP contribution in [0.1, 0.15) is 38.3 Å². The maximum Gasteiger partial charge on any atom is 0.154 e. The molecule has 2 rings (SSSR count). The van der Waals surface area contributed by atoms with Gasteiger partial charge in [-0.3, -0.25) is 9.79 Å². The number of hydrogen-bond donors (Lipinski definition) is 0. The quantitative estimate of drug-likeness (QED) is 0.745. The normalized spacial score (nSPS) is 11.0. The van der Waals surface area contributed by atoms with Gasteiger partial charge >= 0.3 is 0 Å². The molecule has 0 heterocycles. The van der Waals surface area contributed by atoms with Crippen molar-refractivity contribution in [1.82, 2.24) is 0 Å². The fourth-order valence-corrected chi connectivity index (χ4v) is 2.36. The third-order valence-electron chi connectivity index (χ3n) is 3.24. The van der Waals surface area contributed by atoms with Crippen LogP contribution in [0.4, 0.5) is 0 Å². The van der Waals surface area contributed by atoms with Gasteiger partial charge in [0.2, 0.25) is 0 Å². The number of aliphatic imine (C=N–C) groups is 1. The Balaban J connectivity index is 2.26. The molecule has 2 heteroatoms. The lowest BCUT2D eigenvalue weighted by Gasteiger charge is -2.16. The molecule has 0 saturated carbocycles. The monoisotopic (exact) mass is 293 g/mol. The van der Waals surface area contributed by atoms with Crippen LogP contribution in [0.15, 0.2) is 65.7 Å². The second-order valence-electron chi connectivity index (χ2n) is 6.67. The van der Waals surface area contributed by atoms with Crippen molar-refractivity contribution in [3.8, 4) is 0 Å². The van der Waals surface area contributed by atoms with Gasteiger partial charge in [0, 0.05) is 17.5 Å². The largest absolute Gasteiger partial charge is 0.298 e. The molecule has 0 aliphatic rings. The first-order valence-corrected chi connectivity index (χ1v) is 7.63. The SMILES string of the molecule is CC(C)(C)CC(=O)CN=C(c1ccccc1)c1ccccc1. The van der Waals surface area contributed by atoms with Gasteiger partial charge in [-0.2, -0.15) is 0 Å². The lowest BCUT2D eigenvalue weighted by molar-refractivity contribution is -0.119. The second-order valence-corrected chi connectivity index (χ2v) is 6.67. The molecule has 0 aromatic heterocycles. The fraction of sp³-hybridized carbons (Fsp3) is 0.300. The van der Waals surface area contributed by atoms with Gasteiger partial charge in [-0.15, -0.1) is 0 Å². The van der Waals surface area contributed by atoms with Gasteiger partial charge < -0.3 is 0 Å². The summed E-state index contributed by atoms with van der Waals surface area (Å²) in [6.07, 6.45) is 0.549. The van der Waals surface area contributed by atoms with Crippen LogP contribution >= 0.6 is 0 Å². The van der Waals surface area contributed by atoms with Crippen LogP contribution in [0.25, 0.3) is 0 Å². The lowest BCUT2D eigenvalue weighted by Crippen LogP contribution is -2.16. The highest BCUT2D eigenvalue weighted by Gasteiger charge is 2.16. The number of carbonyl (C=O) groups excluding carboxylic acids is 1. The van der Waals surface area contributed by atoms with E-state index in [0.29, 0.717) is 6.42 Å². The van der Waals surface area contributed by atoms with Crippen LogP contribution in [0.2, 0.25) is 0 Å². The van der Waals surface area contributed by atoms with E-state index in [2.05, 4.69) is 25.8 Å². The molecule has 0 atom stereocenters. The minimum atomic E-state index is 0.00621. The van der Waals surface area contributed by atoms with Gasteiger partial charge in [0.25, 0.3) is 0 Å². The van der Waals surface area contributed by atoms with E-state index in [1.54, 1.807) is 0 Å². The molecule has 22 heavy (non-hydrogen) atoms. The first-order chi connectivity index (χ1) is 10.5. The van der Waals surface area contributed by atoms with Gasteiger partial charge in [-0.25, -0.2) is 0 Å². The molecule has 2 aromatic carbocycles. The van der Waals surface area contributed by atoms with Crippen molar-refractivity contribution in [3.63, 3.8) is 0 Å². The molecule has 0 aliphatic carbocycles. The van der Waals surface area contributed by atoms with Crippen LogP contribution in [0, 0.1) is 5.41 Å². The Bertz CT molecular complexity index is 595. The Morgan fingerprint density at radius 2 is 1.32 bits per heavy atom. The maximum atomic E-state index is 12.1. The number of nitrogens with zero attached hydrogens (tertiary/aromatic N) is 1. The predicted molar refractivity (Wildman–Crippen MR) is 92.5 cm³/mol. The predicted octanol–water partition coefficient (Wildman–Crippen LogP) is 4.53. The van der Waals surface area contributed by atoms with Crippen molar-refractivity contribution < 1.29 is 4.79 Å². The third-order valence-corrected chi connectivity index (χ3v) is 3.24. The molecule has 2 aromatic rings. The molecule has 0 bridgehead atoms. The zero-order valence-electron chi connectivity index (χ0n) is 13.5. The topological polar surface area (TPSA) is 29.4 Å². The molecule has 0 radical (unpaired) electrons. The van der Waals surface area contributed by atoms with Gasteiger partial charge in [0.1, 0.15) is 0 Å². The van der Waals surface area contributed by atoms with Crippen molar-refractivity contribution >= 4 is 11.5 Å². The molecule has 114 valence electrons. The Kier molecular flexibility index (Phi) is 5.26. The molecule has 2 nitrogen and oxygen atoms in total. The van der Waals surface area contributed by atoms with Crippen LogP contribution in [0.5, 0.6) is 0 Å². The number of benzene rings is 2. The van der Waals surface area contributed by atoms with E-state index in [0.717, 1.165) is 16.8 Å². The Hall–Kier alpha value is -2.22. The summed E-state index contributed by atoms with van der Waals surface area (Å²) in [6, 6.07) is 20.0. The summed E-state index contributed by atoms with van der Waals surface area (Å²) in [5.74, 6) is 0.178. The number of rotatable bonds is 5. The number of carbonyl (C=O) groups is 1. The first-order valence-electron chi connectivity index (χ1n) is 7.63. The zero-order valence-corrected chi connectivity index (χ0v) is 13.5. The smallest absolute Gasteiger partial charge is 0.154 e. The highest BCUT2D eigenvalue weighted by molar-refractivity contribution is 6.13. The average Bonchev–Trinajstić information content (AvgIpc) is 2.48. The van der Waals surface area contributed by atoms with Crippen LogP contribution in [-0.2, 0) is 4.79 Å². The van der Waals surface area contributed by atoms with Crippen molar-refractivity contribution in [1.29, 1.82) is 0 Å². The van der Waals surface area contributed by atoms with E-state index in [-0.39, 0.29) is 17.7 Å². The molecule has 0 amide bonds. The molecule has 0 N–H and O–H groups in total. The molecule has 0 aliphatic heterocycles. The van der Waals surface area contributed by atoms with Gasteiger partial charge in [0.05, 0.1) is 12.3 Å². The third kappa shape index (κ3) is 4.96. The maximum absolute atomic E-state index is 12.1. The molecular formula is C20H23NO. The lowest BCUT2D eigenvalue weighted by atomic mass is 9.90. The first kappa shape index (κ1) is 16.2. The van der Waals surface area contributed by atoms with E-state index >= 15 is 0 Å². The molecule has 0 unspecified atom stereocenters. The number of hydrogen-bond acceptors (Lipinski definition) is 2. The second kappa shape index (κ2) is 7.17. The Morgan fingerprint density at radius 3 is 1.73 bits per heavy atom. The molecule has 0 saturated heterocycles. The number of Topliss-reactive ketones (excluding diaryl/α,β-unsaturated/α-hetero) is 1.